The van der Waals surface area contributed by atoms with Crippen molar-refractivity contribution >= 4 is 34.5 Å². The molecular weight excluding hydrogens is 216 g/mol. The van der Waals surface area contributed by atoms with Gasteiger partial charge in [-0.1, -0.05) is 12.2 Å². The number of amides is 1. The van der Waals surface area contributed by atoms with Crippen LogP contribution < -0.4 is 11.1 Å². The predicted molar refractivity (Wildman–Crippen MR) is 62.4 cm³/mol. The van der Waals surface area contributed by atoms with Crippen molar-refractivity contribution in [2.75, 3.05) is 6.54 Å². The molecule has 0 bridgehead atoms. The molecule has 3 N–H and O–H groups in total. The zero-order valence-corrected chi connectivity index (χ0v) is 9.29. The molecule has 0 saturated carbocycles. The minimum Gasteiger partial charge on any atom is -0.393 e. The molecule has 0 spiro atoms. The first-order valence-corrected chi connectivity index (χ1v) is 5.59. The molecule has 0 fully saturated rings. The van der Waals surface area contributed by atoms with Crippen molar-refractivity contribution in [1.82, 2.24) is 5.32 Å². The van der Waals surface area contributed by atoms with Crippen molar-refractivity contribution < 1.29 is 4.79 Å². The van der Waals surface area contributed by atoms with Crippen LogP contribution in [0, 0.1) is 0 Å². The Morgan fingerprint density at radius 2 is 2.43 bits per heavy atom. The lowest BCUT2D eigenvalue weighted by atomic mass is 10.2. The third-order valence-electron chi connectivity index (χ3n) is 1.65. The highest BCUT2D eigenvalue weighted by Crippen LogP contribution is 2.05. The fourth-order valence-electron chi connectivity index (χ4n) is 1.00. The second-order valence-electron chi connectivity index (χ2n) is 2.87. The number of thiophene rings is 1. The Labute approximate surface area is 92.3 Å². The first-order valence-electron chi connectivity index (χ1n) is 4.24. The van der Waals surface area contributed by atoms with E-state index in [4.69, 9.17) is 5.73 Å². The molecule has 0 unspecified atom stereocenters. The Morgan fingerprint density at radius 1 is 1.64 bits per heavy atom. The van der Waals surface area contributed by atoms with Gasteiger partial charge in [-0.2, -0.15) is 11.3 Å². The number of rotatable bonds is 5. The second-order valence-corrected chi connectivity index (χ2v) is 4.18. The summed E-state index contributed by atoms with van der Waals surface area (Å²) in [6, 6.07) is 2.05. The maximum atomic E-state index is 11.1. The number of hydrogen-bond donors (Lipinski definition) is 2. The van der Waals surface area contributed by atoms with Gasteiger partial charge in [-0.15, -0.1) is 0 Å². The van der Waals surface area contributed by atoms with Crippen LogP contribution in [0.25, 0.3) is 0 Å². The Bertz CT molecular complexity index is 309. The molecule has 0 atom stereocenters. The number of carbonyl (C=O) groups is 1. The van der Waals surface area contributed by atoms with Gasteiger partial charge in [0.1, 0.15) is 0 Å². The molecule has 1 heterocycles. The summed E-state index contributed by atoms with van der Waals surface area (Å²) >= 11 is 6.28. The van der Waals surface area contributed by atoms with E-state index >= 15 is 0 Å². The van der Waals surface area contributed by atoms with Gasteiger partial charge in [-0.3, -0.25) is 4.79 Å². The van der Waals surface area contributed by atoms with E-state index in [1.807, 2.05) is 11.4 Å². The van der Waals surface area contributed by atoms with Gasteiger partial charge >= 0.3 is 0 Å². The van der Waals surface area contributed by atoms with Gasteiger partial charge in [0, 0.05) is 6.54 Å². The second kappa shape index (κ2) is 5.72. The SMILES string of the molecule is NC(=S)CC(=O)NCCc1ccsc1. The molecule has 0 radical (unpaired) electrons. The third-order valence-corrected chi connectivity index (χ3v) is 2.53. The molecule has 1 rings (SSSR count). The van der Waals surface area contributed by atoms with E-state index in [1.165, 1.54) is 5.56 Å². The van der Waals surface area contributed by atoms with Gasteiger partial charge < -0.3 is 11.1 Å². The van der Waals surface area contributed by atoms with Crippen molar-refractivity contribution in [3.05, 3.63) is 22.4 Å². The normalized spacial score (nSPS) is 9.71. The maximum absolute atomic E-state index is 11.1. The average Bonchev–Trinajstić information content (AvgIpc) is 2.55. The van der Waals surface area contributed by atoms with E-state index in [9.17, 15) is 4.79 Å². The monoisotopic (exact) mass is 228 g/mol. The maximum Gasteiger partial charge on any atom is 0.226 e. The van der Waals surface area contributed by atoms with E-state index < -0.39 is 0 Å². The van der Waals surface area contributed by atoms with Crippen LogP contribution >= 0.6 is 23.6 Å². The van der Waals surface area contributed by atoms with Crippen molar-refractivity contribution in [1.29, 1.82) is 0 Å². The van der Waals surface area contributed by atoms with Gasteiger partial charge in [0.25, 0.3) is 0 Å². The predicted octanol–water partition coefficient (Wildman–Crippen LogP) is 1.08. The Morgan fingerprint density at radius 3 is 3.00 bits per heavy atom. The third kappa shape index (κ3) is 4.34. The van der Waals surface area contributed by atoms with Crippen LogP contribution in [0.15, 0.2) is 16.8 Å². The highest BCUT2D eigenvalue weighted by Gasteiger charge is 2.01. The van der Waals surface area contributed by atoms with Crippen LogP contribution in [0.2, 0.25) is 0 Å². The fourth-order valence-corrected chi connectivity index (χ4v) is 1.84. The lowest BCUT2D eigenvalue weighted by molar-refractivity contribution is -0.119. The minimum atomic E-state index is -0.104. The van der Waals surface area contributed by atoms with Crippen LogP contribution in [0.5, 0.6) is 0 Å². The fraction of sp³-hybridized carbons (Fsp3) is 0.333. The molecule has 0 aliphatic rings. The highest BCUT2D eigenvalue weighted by molar-refractivity contribution is 7.80. The summed E-state index contributed by atoms with van der Waals surface area (Å²) in [6.45, 7) is 0.637. The van der Waals surface area contributed by atoms with Crippen molar-refractivity contribution in [2.45, 2.75) is 12.8 Å². The van der Waals surface area contributed by atoms with E-state index in [1.54, 1.807) is 11.3 Å². The first kappa shape index (κ1) is 11.1. The number of hydrogen-bond acceptors (Lipinski definition) is 3. The lowest BCUT2D eigenvalue weighted by Crippen LogP contribution is -2.29. The van der Waals surface area contributed by atoms with Crippen LogP contribution in [0.4, 0.5) is 0 Å². The summed E-state index contributed by atoms with van der Waals surface area (Å²) < 4.78 is 0. The molecule has 0 aliphatic carbocycles. The van der Waals surface area contributed by atoms with Gasteiger partial charge in [0.2, 0.25) is 5.91 Å². The first-order chi connectivity index (χ1) is 6.68. The Balaban J connectivity index is 2.15. The van der Waals surface area contributed by atoms with E-state index in [2.05, 4.69) is 22.9 Å². The number of nitrogens with two attached hydrogens (primary N) is 1. The van der Waals surface area contributed by atoms with Gasteiger partial charge in [-0.25, -0.2) is 0 Å². The van der Waals surface area contributed by atoms with Gasteiger partial charge in [-0.05, 0) is 28.8 Å². The standard InChI is InChI=1S/C9H12N2OS2/c10-8(13)5-9(12)11-3-1-7-2-4-14-6-7/h2,4,6H,1,3,5H2,(H2,10,13)(H,11,12). The van der Waals surface area contributed by atoms with Crippen molar-refractivity contribution in [3.8, 4) is 0 Å². The number of carbonyl (C=O) groups excluding carboxylic acids is 1. The van der Waals surface area contributed by atoms with Crippen LogP contribution in [-0.2, 0) is 11.2 Å². The van der Waals surface area contributed by atoms with Gasteiger partial charge in [0.05, 0.1) is 11.4 Å². The summed E-state index contributed by atoms with van der Waals surface area (Å²) in [4.78, 5) is 11.3. The summed E-state index contributed by atoms with van der Waals surface area (Å²) in [7, 11) is 0. The van der Waals surface area contributed by atoms with Crippen molar-refractivity contribution in [3.63, 3.8) is 0 Å². The summed E-state index contributed by atoms with van der Waals surface area (Å²) in [6.07, 6.45) is 0.992. The van der Waals surface area contributed by atoms with E-state index in [-0.39, 0.29) is 17.3 Å². The minimum absolute atomic E-state index is 0.104. The molecule has 76 valence electrons. The van der Waals surface area contributed by atoms with Crippen molar-refractivity contribution in [2.24, 2.45) is 5.73 Å². The number of nitrogens with one attached hydrogen (secondary N) is 1. The Kier molecular flexibility index (Phi) is 4.55. The topological polar surface area (TPSA) is 55.1 Å². The van der Waals surface area contributed by atoms with E-state index in [0.717, 1.165) is 6.42 Å². The summed E-state index contributed by atoms with van der Waals surface area (Å²) in [5.41, 5.74) is 6.47. The molecule has 0 saturated heterocycles. The smallest absolute Gasteiger partial charge is 0.226 e. The van der Waals surface area contributed by atoms with Crippen LogP contribution in [-0.4, -0.2) is 17.4 Å². The molecule has 1 aromatic heterocycles. The summed E-state index contributed by atoms with van der Waals surface area (Å²) in [5.74, 6) is -0.104. The molecule has 14 heavy (non-hydrogen) atoms. The largest absolute Gasteiger partial charge is 0.393 e. The van der Waals surface area contributed by atoms with Crippen LogP contribution in [0.3, 0.4) is 0 Å². The molecule has 1 aromatic rings. The average molecular weight is 228 g/mol. The zero-order valence-electron chi connectivity index (χ0n) is 7.66. The molecule has 5 heteroatoms. The van der Waals surface area contributed by atoms with Crippen LogP contribution in [0.1, 0.15) is 12.0 Å². The highest BCUT2D eigenvalue weighted by atomic mass is 32.1. The van der Waals surface area contributed by atoms with Gasteiger partial charge in [0.15, 0.2) is 0 Å². The lowest BCUT2D eigenvalue weighted by Gasteiger charge is -2.02. The number of thiocarbonyl (C=S) groups is 1. The Hall–Kier alpha value is -0.940. The summed E-state index contributed by atoms with van der Waals surface area (Å²) in [5, 5.41) is 6.84. The zero-order chi connectivity index (χ0) is 10.4. The molecular formula is C9H12N2OS2. The quantitative estimate of drug-likeness (QED) is 0.742. The molecule has 0 aromatic carbocycles. The molecule has 1 amide bonds. The molecule has 0 aliphatic heterocycles. The molecule has 3 nitrogen and oxygen atoms in total. The van der Waals surface area contributed by atoms with E-state index in [0.29, 0.717) is 6.54 Å².